The third kappa shape index (κ3) is 4.98. The summed E-state index contributed by atoms with van der Waals surface area (Å²) in [6.45, 7) is 8.23. The summed E-state index contributed by atoms with van der Waals surface area (Å²) in [6.07, 6.45) is 7.89. The lowest BCUT2D eigenvalue weighted by Gasteiger charge is -2.33. The molecule has 0 aromatic rings. The maximum Gasteiger partial charge on any atom is 0.0167 e. The average Bonchev–Trinajstić information content (AvgIpc) is 2.26. The van der Waals surface area contributed by atoms with E-state index in [0.29, 0.717) is 6.04 Å². The zero-order chi connectivity index (χ0) is 11.1. The van der Waals surface area contributed by atoms with Crippen molar-refractivity contribution in [3.63, 3.8) is 0 Å². The van der Waals surface area contributed by atoms with Crippen molar-refractivity contribution in [3.05, 3.63) is 0 Å². The Morgan fingerprint density at radius 1 is 1.40 bits per heavy atom. The van der Waals surface area contributed by atoms with Crippen LogP contribution >= 0.6 is 0 Å². The number of hydrogen-bond acceptors (Lipinski definition) is 2. The van der Waals surface area contributed by atoms with Gasteiger partial charge < -0.3 is 10.6 Å². The van der Waals surface area contributed by atoms with Crippen LogP contribution in [-0.4, -0.2) is 30.6 Å². The molecule has 2 nitrogen and oxygen atoms in total. The molecule has 2 unspecified atom stereocenters. The highest BCUT2D eigenvalue weighted by atomic mass is 15.1. The molecule has 0 saturated carbocycles. The lowest BCUT2D eigenvalue weighted by molar-refractivity contribution is 0.161. The molecule has 1 rings (SSSR count). The van der Waals surface area contributed by atoms with E-state index >= 15 is 0 Å². The quantitative estimate of drug-likeness (QED) is 0.733. The maximum atomic E-state index is 6.14. The summed E-state index contributed by atoms with van der Waals surface area (Å²) in [5, 5.41) is 0. The Hall–Kier alpha value is -0.0800. The van der Waals surface area contributed by atoms with Gasteiger partial charge >= 0.3 is 0 Å². The van der Waals surface area contributed by atoms with E-state index < -0.39 is 0 Å². The summed E-state index contributed by atoms with van der Waals surface area (Å²) < 4.78 is 0. The molecular formula is C13H28N2. The number of nitrogens with zero attached hydrogens (tertiary/aromatic N) is 1. The summed E-state index contributed by atoms with van der Waals surface area (Å²) >= 11 is 0. The molecule has 0 amide bonds. The monoisotopic (exact) mass is 212 g/mol. The topological polar surface area (TPSA) is 29.3 Å². The Labute approximate surface area is 95.2 Å². The molecule has 0 aromatic carbocycles. The summed E-state index contributed by atoms with van der Waals surface area (Å²) in [4.78, 5) is 2.58. The minimum absolute atomic E-state index is 0.403. The van der Waals surface area contributed by atoms with Gasteiger partial charge in [0.15, 0.2) is 0 Å². The number of piperidine rings is 1. The van der Waals surface area contributed by atoms with Crippen LogP contribution in [0.2, 0.25) is 0 Å². The second kappa shape index (κ2) is 7.24. The van der Waals surface area contributed by atoms with Gasteiger partial charge in [0.2, 0.25) is 0 Å². The van der Waals surface area contributed by atoms with E-state index in [1.54, 1.807) is 0 Å². The van der Waals surface area contributed by atoms with Crippen LogP contribution in [0.15, 0.2) is 0 Å². The molecule has 0 spiro atoms. The van der Waals surface area contributed by atoms with Gasteiger partial charge in [-0.15, -0.1) is 0 Å². The van der Waals surface area contributed by atoms with Crippen LogP contribution in [0.25, 0.3) is 0 Å². The lowest BCUT2D eigenvalue weighted by atomic mass is 9.95. The predicted octanol–water partition coefficient (Wildman–Crippen LogP) is 2.63. The van der Waals surface area contributed by atoms with Crippen molar-refractivity contribution < 1.29 is 0 Å². The van der Waals surface area contributed by atoms with Crippen molar-refractivity contribution in [1.82, 2.24) is 4.90 Å². The fourth-order valence-corrected chi connectivity index (χ4v) is 2.54. The van der Waals surface area contributed by atoms with Crippen LogP contribution in [0.3, 0.4) is 0 Å². The van der Waals surface area contributed by atoms with Crippen LogP contribution < -0.4 is 5.73 Å². The summed E-state index contributed by atoms with van der Waals surface area (Å²) in [6, 6.07) is 0.403. The molecule has 0 radical (unpaired) electrons. The number of hydrogen-bond donors (Lipinski definition) is 1. The SMILES string of the molecule is CCCCC(N)CN1CCCC(CC)C1. The van der Waals surface area contributed by atoms with E-state index in [2.05, 4.69) is 18.7 Å². The van der Waals surface area contributed by atoms with Gasteiger partial charge in [-0.1, -0.05) is 33.1 Å². The second-order valence-corrected chi connectivity index (χ2v) is 5.08. The third-order valence-corrected chi connectivity index (χ3v) is 3.60. The molecule has 2 atom stereocenters. The van der Waals surface area contributed by atoms with Gasteiger partial charge in [0.05, 0.1) is 0 Å². The van der Waals surface area contributed by atoms with Gasteiger partial charge in [-0.25, -0.2) is 0 Å². The Bertz CT molecular complexity index is 159. The van der Waals surface area contributed by atoms with Crippen molar-refractivity contribution >= 4 is 0 Å². The molecule has 1 aliphatic rings. The molecule has 0 aliphatic carbocycles. The molecule has 1 fully saturated rings. The minimum Gasteiger partial charge on any atom is -0.327 e. The smallest absolute Gasteiger partial charge is 0.0167 e. The van der Waals surface area contributed by atoms with E-state index in [1.165, 1.54) is 51.6 Å². The van der Waals surface area contributed by atoms with Crippen molar-refractivity contribution in [2.24, 2.45) is 11.7 Å². The molecule has 1 saturated heterocycles. The van der Waals surface area contributed by atoms with Crippen LogP contribution in [0.5, 0.6) is 0 Å². The molecule has 1 heterocycles. The molecule has 0 bridgehead atoms. The highest BCUT2D eigenvalue weighted by Crippen LogP contribution is 2.19. The van der Waals surface area contributed by atoms with E-state index in [1.807, 2.05) is 0 Å². The average molecular weight is 212 g/mol. The zero-order valence-electron chi connectivity index (χ0n) is 10.5. The molecule has 90 valence electrons. The van der Waals surface area contributed by atoms with Gasteiger partial charge in [0, 0.05) is 19.1 Å². The first-order valence-electron chi connectivity index (χ1n) is 6.74. The molecule has 2 heteroatoms. The van der Waals surface area contributed by atoms with Crippen LogP contribution in [0.4, 0.5) is 0 Å². The highest BCUT2D eigenvalue weighted by molar-refractivity contribution is 4.75. The van der Waals surface area contributed by atoms with Gasteiger partial charge in [-0.2, -0.15) is 0 Å². The normalized spacial score (nSPS) is 25.4. The van der Waals surface area contributed by atoms with Crippen LogP contribution in [-0.2, 0) is 0 Å². The van der Waals surface area contributed by atoms with Crippen molar-refractivity contribution in [3.8, 4) is 0 Å². The van der Waals surface area contributed by atoms with Crippen molar-refractivity contribution in [1.29, 1.82) is 0 Å². The Balaban J connectivity index is 2.19. The summed E-state index contributed by atoms with van der Waals surface area (Å²) in [5.74, 6) is 0.928. The number of unbranched alkanes of at least 4 members (excludes halogenated alkanes) is 1. The largest absolute Gasteiger partial charge is 0.327 e. The molecule has 1 aliphatic heterocycles. The zero-order valence-corrected chi connectivity index (χ0v) is 10.5. The first-order valence-corrected chi connectivity index (χ1v) is 6.74. The van der Waals surface area contributed by atoms with Gasteiger partial charge in [0.25, 0.3) is 0 Å². The van der Waals surface area contributed by atoms with Gasteiger partial charge in [-0.05, 0) is 31.7 Å². The molecule has 15 heavy (non-hydrogen) atoms. The standard InChI is InChI=1S/C13H28N2/c1-3-5-8-13(14)11-15-9-6-7-12(4-2)10-15/h12-13H,3-11,14H2,1-2H3. The Morgan fingerprint density at radius 2 is 2.20 bits per heavy atom. The van der Waals surface area contributed by atoms with Gasteiger partial charge in [-0.3, -0.25) is 0 Å². The number of likely N-dealkylation sites (tertiary alicyclic amines) is 1. The highest BCUT2D eigenvalue weighted by Gasteiger charge is 2.19. The van der Waals surface area contributed by atoms with Crippen LogP contribution in [0.1, 0.15) is 52.4 Å². The van der Waals surface area contributed by atoms with E-state index in [4.69, 9.17) is 5.73 Å². The first kappa shape index (κ1) is 13.0. The van der Waals surface area contributed by atoms with E-state index in [-0.39, 0.29) is 0 Å². The minimum atomic E-state index is 0.403. The molecule has 2 N–H and O–H groups in total. The van der Waals surface area contributed by atoms with Gasteiger partial charge in [0.1, 0.15) is 0 Å². The maximum absolute atomic E-state index is 6.14. The number of rotatable bonds is 6. The third-order valence-electron chi connectivity index (χ3n) is 3.60. The molecular weight excluding hydrogens is 184 g/mol. The second-order valence-electron chi connectivity index (χ2n) is 5.08. The van der Waals surface area contributed by atoms with E-state index in [9.17, 15) is 0 Å². The molecule has 0 aromatic heterocycles. The predicted molar refractivity (Wildman–Crippen MR) is 67.0 cm³/mol. The Kier molecular flexibility index (Phi) is 6.26. The summed E-state index contributed by atoms with van der Waals surface area (Å²) in [5.41, 5.74) is 6.14. The Morgan fingerprint density at radius 3 is 2.87 bits per heavy atom. The van der Waals surface area contributed by atoms with Crippen molar-refractivity contribution in [2.75, 3.05) is 19.6 Å². The first-order chi connectivity index (χ1) is 7.26. The van der Waals surface area contributed by atoms with Crippen LogP contribution in [0, 0.1) is 5.92 Å². The summed E-state index contributed by atoms with van der Waals surface area (Å²) in [7, 11) is 0. The van der Waals surface area contributed by atoms with Crippen molar-refractivity contribution in [2.45, 2.75) is 58.4 Å². The van der Waals surface area contributed by atoms with E-state index in [0.717, 1.165) is 12.5 Å². The lowest BCUT2D eigenvalue weighted by Crippen LogP contribution is -2.42. The fourth-order valence-electron chi connectivity index (χ4n) is 2.54. The fraction of sp³-hybridized carbons (Fsp3) is 1.00. The number of nitrogens with two attached hydrogens (primary N) is 1.